The number of aryl methyl sites for hydroxylation is 2. The summed E-state index contributed by atoms with van der Waals surface area (Å²) in [4.78, 5) is 40.8. The fourth-order valence-corrected chi connectivity index (χ4v) is 4.27. The van der Waals surface area contributed by atoms with Crippen molar-refractivity contribution in [3.63, 3.8) is 0 Å². The van der Waals surface area contributed by atoms with Gasteiger partial charge in [-0.25, -0.2) is 0 Å². The minimum absolute atomic E-state index is 0.129. The van der Waals surface area contributed by atoms with Gasteiger partial charge in [-0.2, -0.15) is 5.10 Å². The highest BCUT2D eigenvalue weighted by Gasteiger charge is 2.55. The van der Waals surface area contributed by atoms with Crippen molar-refractivity contribution in [1.82, 2.24) is 14.7 Å². The van der Waals surface area contributed by atoms with E-state index in [1.165, 1.54) is 4.90 Å². The Morgan fingerprint density at radius 3 is 2.70 bits per heavy atom. The predicted octanol–water partition coefficient (Wildman–Crippen LogP) is 0.344. The summed E-state index contributed by atoms with van der Waals surface area (Å²) in [5, 5.41) is 4.23. The molecule has 2 aliphatic heterocycles. The number of para-hydroxylation sites is 1. The molecule has 8 heteroatoms. The molecule has 3 amide bonds. The van der Waals surface area contributed by atoms with Crippen LogP contribution in [0.25, 0.3) is 0 Å². The number of rotatable bonds is 3. The lowest BCUT2D eigenvalue weighted by Gasteiger charge is -2.24. The van der Waals surface area contributed by atoms with Crippen LogP contribution in [0.1, 0.15) is 28.0 Å². The van der Waals surface area contributed by atoms with E-state index in [4.69, 9.17) is 5.73 Å². The normalized spacial score (nSPS) is 21.2. The van der Waals surface area contributed by atoms with E-state index in [2.05, 4.69) is 5.10 Å². The fraction of sp³-hybridized carbons (Fsp3) is 0.368. The number of primary amides is 1. The van der Waals surface area contributed by atoms with Gasteiger partial charge < -0.3 is 15.5 Å². The molecule has 140 valence electrons. The van der Waals surface area contributed by atoms with Crippen LogP contribution in [0, 0.1) is 6.92 Å². The maximum atomic E-state index is 13.3. The third-order valence-corrected chi connectivity index (χ3v) is 5.48. The van der Waals surface area contributed by atoms with Crippen molar-refractivity contribution < 1.29 is 14.4 Å². The van der Waals surface area contributed by atoms with E-state index in [1.54, 1.807) is 29.7 Å². The molecule has 1 fully saturated rings. The molecule has 4 rings (SSSR count). The zero-order valence-corrected chi connectivity index (χ0v) is 15.3. The SMILES string of the molecule is Cc1nn(C)cc1C(=O)N1CCC2(C1)C(=O)N(CC(N)=O)c1ccccc12. The van der Waals surface area contributed by atoms with Crippen molar-refractivity contribution in [2.24, 2.45) is 12.8 Å². The summed E-state index contributed by atoms with van der Waals surface area (Å²) in [7, 11) is 1.77. The van der Waals surface area contributed by atoms with Crippen LogP contribution >= 0.6 is 0 Å². The molecule has 1 unspecified atom stereocenters. The fourth-order valence-electron chi connectivity index (χ4n) is 4.27. The molecule has 1 saturated heterocycles. The first-order chi connectivity index (χ1) is 12.8. The van der Waals surface area contributed by atoms with Gasteiger partial charge in [-0.15, -0.1) is 0 Å². The average Bonchev–Trinajstić information content (AvgIpc) is 3.28. The molecule has 0 aliphatic carbocycles. The molecular weight excluding hydrogens is 346 g/mol. The summed E-state index contributed by atoms with van der Waals surface area (Å²) < 4.78 is 1.61. The van der Waals surface area contributed by atoms with E-state index in [0.29, 0.717) is 29.9 Å². The van der Waals surface area contributed by atoms with Gasteiger partial charge in [-0.1, -0.05) is 18.2 Å². The average molecular weight is 367 g/mol. The van der Waals surface area contributed by atoms with Gasteiger partial charge >= 0.3 is 0 Å². The molecule has 1 atom stereocenters. The van der Waals surface area contributed by atoms with E-state index in [9.17, 15) is 14.4 Å². The molecule has 3 heterocycles. The monoisotopic (exact) mass is 367 g/mol. The number of benzene rings is 1. The summed E-state index contributed by atoms with van der Waals surface area (Å²) in [6.45, 7) is 2.39. The molecule has 0 saturated carbocycles. The number of hydrogen-bond acceptors (Lipinski definition) is 4. The number of amides is 3. The summed E-state index contributed by atoms with van der Waals surface area (Å²) in [6.07, 6.45) is 2.22. The van der Waals surface area contributed by atoms with Gasteiger partial charge in [0.15, 0.2) is 0 Å². The Kier molecular flexibility index (Phi) is 3.80. The molecule has 27 heavy (non-hydrogen) atoms. The van der Waals surface area contributed by atoms with E-state index in [1.807, 2.05) is 24.3 Å². The lowest BCUT2D eigenvalue weighted by molar-refractivity contribution is -0.125. The number of carbonyl (C=O) groups excluding carboxylic acids is 3. The molecule has 8 nitrogen and oxygen atoms in total. The first-order valence-electron chi connectivity index (χ1n) is 8.83. The lowest BCUT2D eigenvalue weighted by atomic mass is 9.81. The molecule has 2 aliphatic rings. The summed E-state index contributed by atoms with van der Waals surface area (Å²) >= 11 is 0. The zero-order valence-electron chi connectivity index (χ0n) is 15.3. The Morgan fingerprint density at radius 1 is 1.30 bits per heavy atom. The molecule has 0 radical (unpaired) electrons. The van der Waals surface area contributed by atoms with Gasteiger partial charge in [0.25, 0.3) is 5.91 Å². The van der Waals surface area contributed by atoms with Crippen LogP contribution in [-0.4, -0.2) is 52.0 Å². The summed E-state index contributed by atoms with van der Waals surface area (Å²) in [6, 6.07) is 7.42. The van der Waals surface area contributed by atoms with Crippen LogP contribution < -0.4 is 10.6 Å². The van der Waals surface area contributed by atoms with Crippen LogP contribution in [0.3, 0.4) is 0 Å². The smallest absolute Gasteiger partial charge is 0.257 e. The highest BCUT2D eigenvalue weighted by Crippen LogP contribution is 2.47. The molecule has 2 N–H and O–H groups in total. The van der Waals surface area contributed by atoms with Crippen molar-refractivity contribution in [2.45, 2.75) is 18.8 Å². The van der Waals surface area contributed by atoms with Crippen molar-refractivity contribution in [2.75, 3.05) is 24.5 Å². The Labute approximate surface area is 156 Å². The van der Waals surface area contributed by atoms with Gasteiger partial charge in [-0.05, 0) is 25.0 Å². The van der Waals surface area contributed by atoms with Gasteiger partial charge in [0.2, 0.25) is 11.8 Å². The second-order valence-corrected chi connectivity index (χ2v) is 7.24. The van der Waals surface area contributed by atoms with Gasteiger partial charge in [0.05, 0.1) is 16.7 Å². The van der Waals surface area contributed by atoms with Gasteiger partial charge in [0, 0.05) is 32.0 Å². The van der Waals surface area contributed by atoms with Gasteiger partial charge in [-0.3, -0.25) is 19.1 Å². The molecule has 0 bridgehead atoms. The number of aromatic nitrogens is 2. The summed E-state index contributed by atoms with van der Waals surface area (Å²) in [5.41, 5.74) is 7.29. The molecule has 2 aromatic rings. The minimum Gasteiger partial charge on any atom is -0.368 e. The standard InChI is InChI=1S/C19H21N5O3/c1-12-13(9-22(2)21-12)17(26)23-8-7-19(11-23)14-5-3-4-6-15(14)24(18(19)27)10-16(20)25/h3-6,9H,7-8,10-11H2,1-2H3,(H2,20,25). The van der Waals surface area contributed by atoms with Gasteiger partial charge in [0.1, 0.15) is 6.54 Å². The number of fused-ring (bicyclic) bond motifs is 2. The minimum atomic E-state index is -0.822. The van der Waals surface area contributed by atoms with Crippen LogP contribution in [0.5, 0.6) is 0 Å². The molecule has 1 aromatic carbocycles. The lowest BCUT2D eigenvalue weighted by Crippen LogP contribution is -2.45. The third-order valence-electron chi connectivity index (χ3n) is 5.48. The number of carbonyl (C=O) groups is 3. The Hall–Kier alpha value is -3.16. The number of nitrogens with two attached hydrogens (primary N) is 1. The first-order valence-corrected chi connectivity index (χ1v) is 8.83. The van der Waals surface area contributed by atoms with E-state index in [0.717, 1.165) is 5.56 Å². The van der Waals surface area contributed by atoms with E-state index in [-0.39, 0.29) is 24.9 Å². The number of anilines is 1. The zero-order chi connectivity index (χ0) is 19.3. The largest absolute Gasteiger partial charge is 0.368 e. The Morgan fingerprint density at radius 2 is 2.04 bits per heavy atom. The Balaban J connectivity index is 1.68. The highest BCUT2D eigenvalue weighted by molar-refractivity contribution is 6.11. The van der Waals surface area contributed by atoms with Crippen molar-refractivity contribution in [1.29, 1.82) is 0 Å². The summed E-state index contributed by atoms with van der Waals surface area (Å²) in [5.74, 6) is -0.857. The van der Waals surface area contributed by atoms with Crippen LogP contribution in [0.15, 0.2) is 30.5 Å². The third kappa shape index (κ3) is 2.51. The van der Waals surface area contributed by atoms with Crippen molar-refractivity contribution in [3.8, 4) is 0 Å². The first kappa shape index (κ1) is 17.3. The number of nitrogens with zero attached hydrogens (tertiary/aromatic N) is 4. The van der Waals surface area contributed by atoms with E-state index >= 15 is 0 Å². The topological polar surface area (TPSA) is 102 Å². The predicted molar refractivity (Wildman–Crippen MR) is 98.1 cm³/mol. The van der Waals surface area contributed by atoms with Crippen LogP contribution in [0.2, 0.25) is 0 Å². The second kappa shape index (κ2) is 5.94. The number of likely N-dealkylation sites (tertiary alicyclic amines) is 1. The second-order valence-electron chi connectivity index (χ2n) is 7.24. The molecular formula is C19H21N5O3. The maximum absolute atomic E-state index is 13.3. The van der Waals surface area contributed by atoms with Crippen molar-refractivity contribution >= 4 is 23.4 Å². The number of hydrogen-bond donors (Lipinski definition) is 1. The quantitative estimate of drug-likeness (QED) is 0.845. The van der Waals surface area contributed by atoms with E-state index < -0.39 is 11.3 Å². The van der Waals surface area contributed by atoms with Crippen LogP contribution in [0.4, 0.5) is 5.69 Å². The molecule has 1 aromatic heterocycles. The molecule has 1 spiro atoms. The highest BCUT2D eigenvalue weighted by atomic mass is 16.2. The Bertz CT molecular complexity index is 966. The van der Waals surface area contributed by atoms with Crippen molar-refractivity contribution in [3.05, 3.63) is 47.3 Å². The maximum Gasteiger partial charge on any atom is 0.257 e. The van der Waals surface area contributed by atoms with Crippen LogP contribution in [-0.2, 0) is 22.1 Å².